The van der Waals surface area contributed by atoms with E-state index in [-0.39, 0.29) is 5.56 Å². The van der Waals surface area contributed by atoms with Crippen molar-refractivity contribution < 1.29 is 18.7 Å². The summed E-state index contributed by atoms with van der Waals surface area (Å²) in [5, 5.41) is 0. The van der Waals surface area contributed by atoms with Crippen LogP contribution in [0.25, 0.3) is 11.1 Å². The molecule has 4 nitrogen and oxygen atoms in total. The Bertz CT molecular complexity index is 661. The molecule has 1 heterocycles. The van der Waals surface area contributed by atoms with Gasteiger partial charge >= 0.3 is 5.97 Å². The fraction of sp³-hybridized carbons (Fsp3) is 0.143. The predicted molar refractivity (Wildman–Crippen MR) is 75.2 cm³/mol. The van der Waals surface area contributed by atoms with Gasteiger partial charge in [-0.25, -0.2) is 14.2 Å². The molecule has 0 atom stereocenters. The molecule has 0 N–H and O–H groups in total. The van der Waals surface area contributed by atoms with Crippen molar-refractivity contribution in [2.75, 3.05) is 14.2 Å². The van der Waals surface area contributed by atoms with Crippen LogP contribution in [-0.4, -0.2) is 25.2 Å². The van der Waals surface area contributed by atoms with E-state index in [2.05, 4.69) is 25.7 Å². The summed E-state index contributed by atoms with van der Waals surface area (Å²) in [5.74, 6) is -0.740. The van der Waals surface area contributed by atoms with Crippen molar-refractivity contribution in [3.8, 4) is 17.0 Å². The third kappa shape index (κ3) is 2.80. The number of halogens is 2. The third-order valence-corrected chi connectivity index (χ3v) is 3.55. The monoisotopic (exact) mass is 339 g/mol. The van der Waals surface area contributed by atoms with Crippen molar-refractivity contribution in [2.45, 2.75) is 0 Å². The van der Waals surface area contributed by atoms with Gasteiger partial charge in [0.1, 0.15) is 5.82 Å². The average molecular weight is 340 g/mol. The quantitative estimate of drug-likeness (QED) is 0.803. The first-order chi connectivity index (χ1) is 9.56. The molecule has 0 aliphatic carbocycles. The summed E-state index contributed by atoms with van der Waals surface area (Å²) in [6, 6.07) is 5.80. The predicted octanol–water partition coefficient (Wildman–Crippen LogP) is 3.45. The number of nitrogens with zero attached hydrogens (tertiary/aromatic N) is 1. The number of carbonyl (C=O) groups excluding carboxylic acids is 1. The zero-order valence-electron chi connectivity index (χ0n) is 10.8. The van der Waals surface area contributed by atoms with Crippen molar-refractivity contribution in [3.63, 3.8) is 0 Å². The van der Waals surface area contributed by atoms with E-state index < -0.39 is 11.8 Å². The molecule has 6 heteroatoms. The summed E-state index contributed by atoms with van der Waals surface area (Å²) in [7, 11) is 2.74. The number of methoxy groups -OCH3 is 2. The van der Waals surface area contributed by atoms with Gasteiger partial charge in [-0.15, -0.1) is 0 Å². The summed E-state index contributed by atoms with van der Waals surface area (Å²) < 4.78 is 23.8. The minimum Gasteiger partial charge on any atom is -0.481 e. The molecule has 1 aromatic heterocycles. The third-order valence-electron chi connectivity index (χ3n) is 2.70. The molecule has 20 heavy (non-hydrogen) atoms. The molecule has 0 unspecified atom stereocenters. The van der Waals surface area contributed by atoms with Crippen molar-refractivity contribution in [1.82, 2.24) is 4.98 Å². The van der Waals surface area contributed by atoms with Gasteiger partial charge in [0.05, 0.1) is 19.8 Å². The van der Waals surface area contributed by atoms with Crippen LogP contribution in [0.15, 0.2) is 34.9 Å². The van der Waals surface area contributed by atoms with Crippen LogP contribution in [0.3, 0.4) is 0 Å². The van der Waals surface area contributed by atoms with Gasteiger partial charge in [0.15, 0.2) is 0 Å². The van der Waals surface area contributed by atoms with Gasteiger partial charge in [-0.1, -0.05) is 0 Å². The molecule has 0 saturated heterocycles. The highest BCUT2D eigenvalue weighted by Crippen LogP contribution is 2.33. The molecule has 1 aromatic carbocycles. The van der Waals surface area contributed by atoms with Gasteiger partial charge in [0.25, 0.3) is 0 Å². The fourth-order valence-electron chi connectivity index (χ4n) is 1.75. The van der Waals surface area contributed by atoms with E-state index in [1.54, 1.807) is 18.3 Å². The number of pyridine rings is 1. The van der Waals surface area contributed by atoms with Gasteiger partial charge in [-0.2, -0.15) is 0 Å². The van der Waals surface area contributed by atoms with Crippen LogP contribution < -0.4 is 4.74 Å². The molecule has 0 radical (unpaired) electrons. The zero-order chi connectivity index (χ0) is 14.7. The standard InChI is InChI=1S/C14H11BrFNO3/c1-19-12-5-8(3-4-17-12)10-6-9(16)7-11(13(10)15)14(18)20-2/h3-7H,1-2H3. The molecule has 0 spiro atoms. The van der Waals surface area contributed by atoms with E-state index in [0.29, 0.717) is 21.5 Å². The summed E-state index contributed by atoms with van der Waals surface area (Å²) in [5.41, 5.74) is 1.32. The van der Waals surface area contributed by atoms with E-state index in [1.807, 2.05) is 0 Å². The first kappa shape index (κ1) is 14.5. The summed E-state index contributed by atoms with van der Waals surface area (Å²) >= 11 is 3.31. The van der Waals surface area contributed by atoms with Gasteiger partial charge in [-0.05, 0) is 45.3 Å². The smallest absolute Gasteiger partial charge is 0.339 e. The molecule has 104 valence electrons. The van der Waals surface area contributed by atoms with Crippen molar-refractivity contribution in [1.29, 1.82) is 0 Å². The maximum absolute atomic E-state index is 13.7. The van der Waals surface area contributed by atoms with Crippen LogP contribution in [0.5, 0.6) is 5.88 Å². The highest BCUT2D eigenvalue weighted by Gasteiger charge is 2.17. The fourth-order valence-corrected chi connectivity index (χ4v) is 2.37. The number of hydrogen-bond acceptors (Lipinski definition) is 4. The van der Waals surface area contributed by atoms with Crippen LogP contribution in [0.4, 0.5) is 4.39 Å². The largest absolute Gasteiger partial charge is 0.481 e. The number of ether oxygens (including phenoxy) is 2. The molecule has 0 saturated carbocycles. The maximum Gasteiger partial charge on any atom is 0.339 e. The Morgan fingerprint density at radius 2 is 2.05 bits per heavy atom. The Kier molecular flexibility index (Phi) is 4.34. The number of esters is 1. The van der Waals surface area contributed by atoms with Crippen LogP contribution in [0.1, 0.15) is 10.4 Å². The summed E-state index contributed by atoms with van der Waals surface area (Å²) in [6.45, 7) is 0. The Hall–Kier alpha value is -1.95. The molecule has 2 aromatic rings. The lowest BCUT2D eigenvalue weighted by atomic mass is 10.0. The first-order valence-corrected chi connectivity index (χ1v) is 6.44. The number of benzene rings is 1. The number of aromatic nitrogens is 1. The minimum atomic E-state index is -0.612. The Balaban J connectivity index is 2.61. The van der Waals surface area contributed by atoms with E-state index in [0.717, 1.165) is 6.07 Å². The van der Waals surface area contributed by atoms with Crippen molar-refractivity contribution in [3.05, 3.63) is 46.3 Å². The minimum absolute atomic E-state index is 0.123. The molecule has 0 bridgehead atoms. The molecule has 0 aliphatic rings. The van der Waals surface area contributed by atoms with Crippen LogP contribution >= 0.6 is 15.9 Å². The Labute approximate surface area is 123 Å². The maximum atomic E-state index is 13.7. The number of hydrogen-bond donors (Lipinski definition) is 0. The number of carbonyl (C=O) groups is 1. The lowest BCUT2D eigenvalue weighted by molar-refractivity contribution is 0.0599. The van der Waals surface area contributed by atoms with Gasteiger partial charge in [0, 0.05) is 16.7 Å². The second kappa shape index (κ2) is 6.00. The zero-order valence-corrected chi connectivity index (χ0v) is 12.4. The van der Waals surface area contributed by atoms with Gasteiger partial charge in [-0.3, -0.25) is 0 Å². The average Bonchev–Trinajstić information content (AvgIpc) is 2.48. The first-order valence-electron chi connectivity index (χ1n) is 5.64. The normalized spacial score (nSPS) is 10.2. The van der Waals surface area contributed by atoms with Crippen molar-refractivity contribution >= 4 is 21.9 Å². The molecular weight excluding hydrogens is 329 g/mol. The topological polar surface area (TPSA) is 48.4 Å². The van der Waals surface area contributed by atoms with Crippen LogP contribution in [0.2, 0.25) is 0 Å². The van der Waals surface area contributed by atoms with Crippen LogP contribution in [0, 0.1) is 5.82 Å². The Morgan fingerprint density at radius 1 is 1.30 bits per heavy atom. The lowest BCUT2D eigenvalue weighted by Crippen LogP contribution is -2.04. The van der Waals surface area contributed by atoms with Crippen molar-refractivity contribution in [2.24, 2.45) is 0 Å². The highest BCUT2D eigenvalue weighted by atomic mass is 79.9. The van der Waals surface area contributed by atoms with E-state index in [4.69, 9.17) is 4.74 Å². The molecule has 2 rings (SSSR count). The molecular formula is C14H11BrFNO3. The van der Waals surface area contributed by atoms with Crippen LogP contribution in [-0.2, 0) is 4.74 Å². The SMILES string of the molecule is COC(=O)c1cc(F)cc(-c2ccnc(OC)c2)c1Br. The Morgan fingerprint density at radius 3 is 2.70 bits per heavy atom. The molecule has 0 aliphatic heterocycles. The molecule has 0 amide bonds. The van der Waals surface area contributed by atoms with Gasteiger partial charge < -0.3 is 9.47 Å². The summed E-state index contributed by atoms with van der Waals surface area (Å²) in [4.78, 5) is 15.6. The highest BCUT2D eigenvalue weighted by molar-refractivity contribution is 9.10. The second-order valence-electron chi connectivity index (χ2n) is 3.89. The molecule has 0 fully saturated rings. The van der Waals surface area contributed by atoms with E-state index in [1.165, 1.54) is 20.3 Å². The van der Waals surface area contributed by atoms with E-state index in [9.17, 15) is 9.18 Å². The summed E-state index contributed by atoms with van der Waals surface area (Å²) in [6.07, 6.45) is 1.54. The number of rotatable bonds is 3. The second-order valence-corrected chi connectivity index (χ2v) is 4.69. The van der Waals surface area contributed by atoms with E-state index >= 15 is 0 Å². The lowest BCUT2D eigenvalue weighted by Gasteiger charge is -2.10. The van der Waals surface area contributed by atoms with Gasteiger partial charge in [0.2, 0.25) is 5.88 Å².